The van der Waals surface area contributed by atoms with E-state index in [9.17, 15) is 8.42 Å². The zero-order valence-corrected chi connectivity index (χ0v) is 23.7. The average Bonchev–Trinajstić information content (AvgIpc) is 3.35. The van der Waals surface area contributed by atoms with Crippen LogP contribution >= 0.6 is 12.2 Å². The molecule has 196 valence electrons. The van der Waals surface area contributed by atoms with Crippen molar-refractivity contribution in [3.63, 3.8) is 0 Å². The summed E-state index contributed by atoms with van der Waals surface area (Å²) in [6, 6.07) is 21.9. The maximum Gasteiger partial charge on any atom is 0.229 e. The summed E-state index contributed by atoms with van der Waals surface area (Å²) in [5.74, 6) is 0. The first-order valence-corrected chi connectivity index (χ1v) is 14.7. The van der Waals surface area contributed by atoms with Gasteiger partial charge in [-0.15, -0.1) is 0 Å². The number of hydrogen-bond acceptors (Lipinski definition) is 4. The van der Waals surface area contributed by atoms with Crippen LogP contribution in [-0.4, -0.2) is 29.3 Å². The van der Waals surface area contributed by atoms with Gasteiger partial charge in [-0.05, 0) is 105 Å². The van der Waals surface area contributed by atoms with E-state index in [1.54, 1.807) is 12.3 Å². The number of aromatic nitrogens is 2. The Hall–Kier alpha value is -3.69. The molecular formula is C29H31N5O2S2. The number of hydrogen-bond donors (Lipinski definition) is 2. The fourth-order valence-corrected chi connectivity index (χ4v) is 6.29. The SMILES string of the molecule is Cc1cccc(-n2c(C)cc([C@@H]3[C@@H](c4ccccn4)NC(=S)N3c3ccc(NS(C)(=O)=O)c(C)c3)c2C)c1. The van der Waals surface area contributed by atoms with Gasteiger partial charge in [-0.25, -0.2) is 8.42 Å². The Bertz CT molecular complexity index is 1630. The lowest BCUT2D eigenvalue weighted by molar-refractivity contribution is 0.565. The first-order chi connectivity index (χ1) is 18.0. The highest BCUT2D eigenvalue weighted by Crippen LogP contribution is 2.44. The molecule has 0 unspecified atom stereocenters. The summed E-state index contributed by atoms with van der Waals surface area (Å²) in [6.07, 6.45) is 2.95. The summed E-state index contributed by atoms with van der Waals surface area (Å²) in [4.78, 5) is 6.79. The van der Waals surface area contributed by atoms with Crippen molar-refractivity contribution in [1.29, 1.82) is 0 Å². The first kappa shape index (κ1) is 25.9. The molecule has 0 radical (unpaired) electrons. The molecule has 9 heteroatoms. The molecule has 1 aliphatic heterocycles. The fraction of sp³-hybridized carbons (Fsp3) is 0.241. The molecule has 0 aliphatic carbocycles. The van der Waals surface area contributed by atoms with Crippen molar-refractivity contribution < 1.29 is 8.42 Å². The van der Waals surface area contributed by atoms with Gasteiger partial charge in [-0.1, -0.05) is 18.2 Å². The minimum Gasteiger partial charge on any atom is -0.351 e. The molecule has 4 aromatic rings. The molecule has 2 aromatic heterocycles. The third-order valence-electron chi connectivity index (χ3n) is 6.93. The van der Waals surface area contributed by atoms with E-state index in [0.29, 0.717) is 10.8 Å². The third kappa shape index (κ3) is 4.91. The number of sulfonamides is 1. The lowest BCUT2D eigenvalue weighted by Gasteiger charge is -2.29. The molecule has 0 amide bonds. The number of benzene rings is 2. The van der Waals surface area contributed by atoms with E-state index in [-0.39, 0.29) is 12.1 Å². The monoisotopic (exact) mass is 545 g/mol. The smallest absolute Gasteiger partial charge is 0.229 e. The van der Waals surface area contributed by atoms with Crippen molar-refractivity contribution in [2.24, 2.45) is 0 Å². The molecule has 5 rings (SSSR count). The van der Waals surface area contributed by atoms with E-state index in [1.807, 2.05) is 37.3 Å². The van der Waals surface area contributed by atoms with Gasteiger partial charge in [-0.3, -0.25) is 9.71 Å². The summed E-state index contributed by atoms with van der Waals surface area (Å²) in [7, 11) is -3.39. The lowest BCUT2D eigenvalue weighted by atomic mass is 9.96. The topological polar surface area (TPSA) is 79.3 Å². The first-order valence-electron chi connectivity index (χ1n) is 12.4. The van der Waals surface area contributed by atoms with Crippen LogP contribution in [-0.2, 0) is 10.0 Å². The van der Waals surface area contributed by atoms with Crippen molar-refractivity contribution in [2.75, 3.05) is 15.9 Å². The Labute approximate surface area is 229 Å². The summed E-state index contributed by atoms with van der Waals surface area (Å²) in [6.45, 7) is 8.25. The maximum absolute atomic E-state index is 11.8. The Balaban J connectivity index is 1.65. The minimum absolute atomic E-state index is 0.171. The number of nitrogens with zero attached hydrogens (tertiary/aromatic N) is 3. The zero-order valence-electron chi connectivity index (χ0n) is 22.1. The fourth-order valence-electron chi connectivity index (χ4n) is 5.31. The molecule has 2 atom stereocenters. The van der Waals surface area contributed by atoms with Gasteiger partial charge in [0.1, 0.15) is 0 Å². The van der Waals surface area contributed by atoms with E-state index < -0.39 is 10.0 Å². The molecule has 0 spiro atoms. The lowest BCUT2D eigenvalue weighted by Crippen LogP contribution is -2.29. The Morgan fingerprint density at radius 1 is 0.947 bits per heavy atom. The molecule has 38 heavy (non-hydrogen) atoms. The molecule has 2 aromatic carbocycles. The summed E-state index contributed by atoms with van der Waals surface area (Å²) < 4.78 is 28.5. The minimum atomic E-state index is -3.39. The van der Waals surface area contributed by atoms with Gasteiger partial charge >= 0.3 is 0 Å². The van der Waals surface area contributed by atoms with Crippen LogP contribution in [0.5, 0.6) is 0 Å². The predicted octanol–water partition coefficient (Wildman–Crippen LogP) is 5.65. The van der Waals surface area contributed by atoms with Gasteiger partial charge in [0.15, 0.2) is 5.11 Å². The Morgan fingerprint density at radius 3 is 2.39 bits per heavy atom. The van der Waals surface area contributed by atoms with Gasteiger partial charge in [0.05, 0.1) is 29.7 Å². The van der Waals surface area contributed by atoms with Crippen LogP contribution in [0.3, 0.4) is 0 Å². The number of nitrogens with one attached hydrogen (secondary N) is 2. The summed E-state index contributed by atoms with van der Waals surface area (Å²) in [5.41, 5.74) is 8.85. The Kier molecular flexibility index (Phi) is 6.75. The molecular weight excluding hydrogens is 514 g/mol. The molecule has 7 nitrogen and oxygen atoms in total. The van der Waals surface area contributed by atoms with Crippen LogP contribution in [0.15, 0.2) is 72.9 Å². The quantitative estimate of drug-likeness (QED) is 0.305. The highest BCUT2D eigenvalue weighted by atomic mass is 32.2. The van der Waals surface area contributed by atoms with Crippen LogP contribution in [0.2, 0.25) is 0 Å². The molecule has 2 N–H and O–H groups in total. The second kappa shape index (κ2) is 9.89. The van der Waals surface area contributed by atoms with Crippen LogP contribution in [0.4, 0.5) is 11.4 Å². The van der Waals surface area contributed by atoms with Crippen molar-refractivity contribution in [3.8, 4) is 5.69 Å². The normalized spacial score (nSPS) is 17.5. The van der Waals surface area contributed by atoms with Gasteiger partial charge in [-0.2, -0.15) is 0 Å². The standard InChI is InChI=1S/C29H31N5O2S2/c1-18-9-8-10-22(15-18)33-20(3)17-24(21(33)4)28-27(26-11-6-7-14-30-26)31-29(37)34(28)23-12-13-25(19(2)16-23)32-38(5,35)36/h6-17,27-28,32H,1-5H3,(H,31,37)/t27-,28-/m1/s1. The summed E-state index contributed by atoms with van der Waals surface area (Å²) >= 11 is 5.90. The molecule has 1 fully saturated rings. The second-order valence-electron chi connectivity index (χ2n) is 9.87. The van der Waals surface area contributed by atoms with Crippen LogP contribution in [0.1, 0.15) is 45.9 Å². The predicted molar refractivity (Wildman–Crippen MR) is 158 cm³/mol. The van der Waals surface area contributed by atoms with Crippen molar-refractivity contribution in [3.05, 3.63) is 107 Å². The van der Waals surface area contributed by atoms with E-state index in [4.69, 9.17) is 12.2 Å². The number of rotatable bonds is 6. The van der Waals surface area contributed by atoms with E-state index in [1.165, 1.54) is 5.56 Å². The third-order valence-corrected chi connectivity index (χ3v) is 7.84. The largest absolute Gasteiger partial charge is 0.351 e. The van der Waals surface area contributed by atoms with E-state index >= 15 is 0 Å². The maximum atomic E-state index is 11.8. The number of aryl methyl sites for hydroxylation is 3. The molecule has 3 heterocycles. The molecule has 1 aliphatic rings. The van der Waals surface area contributed by atoms with Crippen molar-refractivity contribution in [1.82, 2.24) is 14.9 Å². The van der Waals surface area contributed by atoms with Gasteiger partial charge < -0.3 is 14.8 Å². The number of thiocarbonyl (C=S) groups is 1. The molecule has 0 bridgehead atoms. The van der Waals surface area contributed by atoms with Crippen LogP contribution < -0.4 is 14.9 Å². The van der Waals surface area contributed by atoms with Crippen LogP contribution in [0.25, 0.3) is 5.69 Å². The summed E-state index contributed by atoms with van der Waals surface area (Å²) in [5, 5.41) is 4.11. The average molecular weight is 546 g/mol. The highest BCUT2D eigenvalue weighted by Gasteiger charge is 2.42. The van der Waals surface area contributed by atoms with E-state index in [2.05, 4.69) is 75.6 Å². The van der Waals surface area contributed by atoms with Gasteiger partial charge in [0, 0.05) is 29.0 Å². The second-order valence-corrected chi connectivity index (χ2v) is 12.0. The Morgan fingerprint density at radius 2 is 1.74 bits per heavy atom. The van der Waals surface area contributed by atoms with Crippen LogP contribution in [0, 0.1) is 27.7 Å². The molecule has 0 saturated carbocycles. The van der Waals surface area contributed by atoms with Crippen molar-refractivity contribution in [2.45, 2.75) is 39.8 Å². The highest BCUT2D eigenvalue weighted by molar-refractivity contribution is 7.92. The number of pyridine rings is 1. The molecule has 1 saturated heterocycles. The number of anilines is 2. The zero-order chi connectivity index (χ0) is 27.2. The van der Waals surface area contributed by atoms with Crippen molar-refractivity contribution >= 4 is 38.7 Å². The van der Waals surface area contributed by atoms with E-state index in [0.717, 1.165) is 45.8 Å². The van der Waals surface area contributed by atoms with Gasteiger partial charge in [0.2, 0.25) is 10.0 Å². The van der Waals surface area contributed by atoms with Gasteiger partial charge in [0.25, 0.3) is 0 Å².